The first-order chi connectivity index (χ1) is 4.20. The number of amides is 1. The molecular formula is C5H8N2O2. The Morgan fingerprint density at radius 1 is 1.78 bits per heavy atom. The van der Waals surface area contributed by atoms with E-state index in [0.717, 1.165) is 0 Å². The quantitative estimate of drug-likeness (QED) is 0.453. The Kier molecular flexibility index (Phi) is 1.38. The predicted molar refractivity (Wildman–Crippen MR) is 31.8 cm³/mol. The van der Waals surface area contributed by atoms with Gasteiger partial charge in [0, 0.05) is 14.0 Å². The van der Waals surface area contributed by atoms with Crippen LogP contribution < -0.4 is 0 Å². The molecule has 0 spiro atoms. The summed E-state index contributed by atoms with van der Waals surface area (Å²) in [4.78, 5) is 10.6. The van der Waals surface area contributed by atoms with Crippen LogP contribution in [0.2, 0.25) is 0 Å². The molecule has 0 fully saturated rings. The summed E-state index contributed by atoms with van der Waals surface area (Å²) in [6.45, 7) is 1.83. The summed E-state index contributed by atoms with van der Waals surface area (Å²) < 4.78 is 4.82. The minimum Gasteiger partial charge on any atom is -0.470 e. The molecule has 1 rings (SSSR count). The van der Waals surface area contributed by atoms with Crippen molar-refractivity contribution in [3.05, 3.63) is 0 Å². The summed E-state index contributed by atoms with van der Waals surface area (Å²) in [5, 5.41) is 5.02. The third-order valence-corrected chi connectivity index (χ3v) is 1.06. The molecule has 0 aromatic heterocycles. The van der Waals surface area contributed by atoms with Gasteiger partial charge < -0.3 is 4.74 Å². The van der Waals surface area contributed by atoms with E-state index in [4.69, 9.17) is 4.74 Å². The zero-order valence-corrected chi connectivity index (χ0v) is 5.42. The van der Waals surface area contributed by atoms with Gasteiger partial charge in [0.1, 0.15) is 0 Å². The van der Waals surface area contributed by atoms with Crippen LogP contribution in [0.3, 0.4) is 0 Å². The molecule has 0 saturated carbocycles. The Morgan fingerprint density at radius 2 is 2.44 bits per heavy atom. The fraction of sp³-hybridized carbons (Fsp3) is 0.600. The molecule has 50 valence electrons. The van der Waals surface area contributed by atoms with Gasteiger partial charge in [-0.15, -0.1) is 5.10 Å². The van der Waals surface area contributed by atoms with Crippen LogP contribution >= 0.6 is 0 Å². The predicted octanol–water partition coefficient (Wildman–Crippen LogP) is -0.192. The van der Waals surface area contributed by atoms with Crippen LogP contribution in [0.1, 0.15) is 6.92 Å². The van der Waals surface area contributed by atoms with Gasteiger partial charge in [0.15, 0.2) is 6.61 Å². The minimum atomic E-state index is -0.111. The average Bonchev–Trinajstić information content (AvgIpc) is 1.80. The molecule has 0 aromatic rings. The van der Waals surface area contributed by atoms with Gasteiger partial charge in [-0.3, -0.25) is 4.79 Å². The highest BCUT2D eigenvalue weighted by molar-refractivity contribution is 5.85. The topological polar surface area (TPSA) is 41.9 Å². The van der Waals surface area contributed by atoms with E-state index < -0.39 is 0 Å². The van der Waals surface area contributed by atoms with Crippen LogP contribution in [0.15, 0.2) is 5.10 Å². The zero-order chi connectivity index (χ0) is 6.85. The average molecular weight is 128 g/mol. The summed E-state index contributed by atoms with van der Waals surface area (Å²) in [6.07, 6.45) is 0. The number of nitrogens with zero attached hydrogens (tertiary/aromatic N) is 2. The van der Waals surface area contributed by atoms with Crippen molar-refractivity contribution in [2.24, 2.45) is 5.10 Å². The minimum absolute atomic E-state index is 0.111. The van der Waals surface area contributed by atoms with E-state index in [2.05, 4.69) is 5.10 Å². The third kappa shape index (κ3) is 1.19. The van der Waals surface area contributed by atoms with Gasteiger partial charge in [-0.2, -0.15) is 0 Å². The molecule has 1 amide bonds. The molecule has 1 aliphatic heterocycles. The first-order valence-electron chi connectivity index (χ1n) is 2.64. The molecule has 0 N–H and O–H groups in total. The number of hydrogen-bond donors (Lipinski definition) is 0. The Bertz CT molecular complexity index is 164. The molecule has 0 saturated heterocycles. The Labute approximate surface area is 53.1 Å². The molecule has 0 atom stereocenters. The van der Waals surface area contributed by atoms with Crippen molar-refractivity contribution in [2.45, 2.75) is 6.92 Å². The lowest BCUT2D eigenvalue weighted by Crippen LogP contribution is -2.32. The highest BCUT2D eigenvalue weighted by Gasteiger charge is 2.13. The molecule has 0 radical (unpaired) electrons. The van der Waals surface area contributed by atoms with Gasteiger partial charge in [0.25, 0.3) is 5.91 Å². The second-order valence-electron chi connectivity index (χ2n) is 1.83. The van der Waals surface area contributed by atoms with Crippen molar-refractivity contribution >= 4 is 11.8 Å². The molecule has 9 heavy (non-hydrogen) atoms. The fourth-order valence-electron chi connectivity index (χ4n) is 0.555. The smallest absolute Gasteiger partial charge is 0.280 e. The Balaban J connectivity index is 2.69. The highest BCUT2D eigenvalue weighted by Crippen LogP contribution is 1.96. The van der Waals surface area contributed by atoms with Crippen LogP contribution in [0.25, 0.3) is 0 Å². The van der Waals surface area contributed by atoms with Gasteiger partial charge in [0.05, 0.1) is 0 Å². The van der Waals surface area contributed by atoms with Crippen LogP contribution in [-0.4, -0.2) is 30.5 Å². The Morgan fingerprint density at radius 3 is 2.89 bits per heavy atom. The van der Waals surface area contributed by atoms with Crippen LogP contribution in [0.4, 0.5) is 0 Å². The molecule has 0 bridgehead atoms. The number of ether oxygens (including phenoxy) is 1. The molecule has 0 aromatic carbocycles. The number of carbonyl (C=O) groups excluding carboxylic acids is 1. The lowest BCUT2D eigenvalue weighted by atomic mass is 10.6. The normalized spacial score (nSPS) is 19.1. The monoisotopic (exact) mass is 128 g/mol. The highest BCUT2D eigenvalue weighted by atomic mass is 16.5. The van der Waals surface area contributed by atoms with E-state index in [1.807, 2.05) is 0 Å². The van der Waals surface area contributed by atoms with Crippen molar-refractivity contribution in [2.75, 3.05) is 13.7 Å². The largest absolute Gasteiger partial charge is 0.470 e. The third-order valence-electron chi connectivity index (χ3n) is 1.06. The molecule has 0 unspecified atom stereocenters. The molecule has 1 heterocycles. The van der Waals surface area contributed by atoms with Crippen LogP contribution in [0, 0.1) is 0 Å². The van der Waals surface area contributed by atoms with Crippen molar-refractivity contribution in [3.63, 3.8) is 0 Å². The zero-order valence-electron chi connectivity index (χ0n) is 5.42. The first kappa shape index (κ1) is 6.07. The van der Waals surface area contributed by atoms with E-state index in [1.165, 1.54) is 5.01 Å². The van der Waals surface area contributed by atoms with Crippen LogP contribution in [-0.2, 0) is 9.53 Å². The van der Waals surface area contributed by atoms with Gasteiger partial charge in [-0.1, -0.05) is 0 Å². The summed E-state index contributed by atoms with van der Waals surface area (Å²) in [5.41, 5.74) is 0. The standard InChI is InChI=1S/C5H8N2O2/c1-4-6-7(2)5(8)3-9-4/h3H2,1-2H3. The van der Waals surface area contributed by atoms with Gasteiger partial charge in [0.2, 0.25) is 5.90 Å². The summed E-state index contributed by atoms with van der Waals surface area (Å²) in [5.74, 6) is 0.428. The van der Waals surface area contributed by atoms with Crippen molar-refractivity contribution in [1.82, 2.24) is 5.01 Å². The van der Waals surface area contributed by atoms with E-state index in [1.54, 1.807) is 14.0 Å². The maximum absolute atomic E-state index is 10.6. The summed E-state index contributed by atoms with van der Waals surface area (Å²) in [6, 6.07) is 0. The number of likely N-dealkylation sites (N-methyl/N-ethyl adjacent to an activating group) is 1. The van der Waals surface area contributed by atoms with E-state index >= 15 is 0 Å². The molecule has 0 aliphatic carbocycles. The van der Waals surface area contributed by atoms with Gasteiger partial charge in [-0.05, 0) is 0 Å². The number of rotatable bonds is 0. The van der Waals surface area contributed by atoms with Crippen molar-refractivity contribution in [1.29, 1.82) is 0 Å². The molecule has 4 heteroatoms. The van der Waals surface area contributed by atoms with Crippen molar-refractivity contribution in [3.8, 4) is 0 Å². The molecule has 4 nitrogen and oxygen atoms in total. The summed E-state index contributed by atoms with van der Waals surface area (Å²) >= 11 is 0. The lowest BCUT2D eigenvalue weighted by Gasteiger charge is -2.17. The van der Waals surface area contributed by atoms with E-state index in [0.29, 0.717) is 5.90 Å². The van der Waals surface area contributed by atoms with Crippen molar-refractivity contribution < 1.29 is 9.53 Å². The van der Waals surface area contributed by atoms with Crippen LogP contribution in [0.5, 0.6) is 0 Å². The number of hydrogen-bond acceptors (Lipinski definition) is 3. The number of carbonyl (C=O) groups is 1. The Hall–Kier alpha value is -1.06. The van der Waals surface area contributed by atoms with Gasteiger partial charge in [-0.25, -0.2) is 5.01 Å². The first-order valence-corrected chi connectivity index (χ1v) is 2.64. The SMILES string of the molecule is CC1=NN(C)C(=O)CO1. The van der Waals surface area contributed by atoms with Gasteiger partial charge >= 0.3 is 0 Å². The lowest BCUT2D eigenvalue weighted by molar-refractivity contribution is -0.134. The maximum Gasteiger partial charge on any atom is 0.280 e. The second kappa shape index (κ2) is 2.05. The molecule has 1 aliphatic rings. The number of hydrazone groups is 1. The van der Waals surface area contributed by atoms with E-state index in [-0.39, 0.29) is 12.5 Å². The van der Waals surface area contributed by atoms with E-state index in [9.17, 15) is 4.79 Å². The second-order valence-corrected chi connectivity index (χ2v) is 1.83. The summed E-state index contributed by atoms with van der Waals surface area (Å²) in [7, 11) is 1.61. The fourth-order valence-corrected chi connectivity index (χ4v) is 0.555. The maximum atomic E-state index is 10.6. The molecular weight excluding hydrogens is 120 g/mol.